The molecule has 1 rings (SSSR count). The fourth-order valence-corrected chi connectivity index (χ4v) is 2.85. The molecule has 0 atom stereocenters. The second kappa shape index (κ2) is 11.4. The number of benzene rings is 1. The van der Waals surface area contributed by atoms with Gasteiger partial charge in [-0.25, -0.2) is 0 Å². The molecule has 0 N–H and O–H groups in total. The molecule has 0 aliphatic carbocycles. The summed E-state index contributed by atoms with van der Waals surface area (Å²) in [6.45, 7) is 5.77. The molecule has 1 aromatic carbocycles. The SMILES string of the molecule is CCCCCCN(CCCCCC)c1ccc([N+](=O)[O-])cc1[N+](=O)[O-]. The summed E-state index contributed by atoms with van der Waals surface area (Å²) in [7, 11) is 0. The van der Waals surface area contributed by atoms with Crippen LogP contribution in [0, 0.1) is 20.2 Å². The molecule has 7 heteroatoms. The highest BCUT2D eigenvalue weighted by atomic mass is 16.6. The van der Waals surface area contributed by atoms with Crippen LogP contribution in [0.1, 0.15) is 65.2 Å². The van der Waals surface area contributed by atoms with E-state index in [0.717, 1.165) is 70.5 Å². The predicted octanol–water partition coefficient (Wildman–Crippen LogP) is 5.47. The van der Waals surface area contributed by atoms with Crippen molar-refractivity contribution in [2.45, 2.75) is 65.2 Å². The highest BCUT2D eigenvalue weighted by molar-refractivity contribution is 5.66. The molecule has 1 aromatic rings. The Morgan fingerprint density at radius 1 is 0.840 bits per heavy atom. The van der Waals surface area contributed by atoms with Crippen LogP contribution in [0.25, 0.3) is 0 Å². The van der Waals surface area contributed by atoms with E-state index in [9.17, 15) is 20.2 Å². The molecule has 0 radical (unpaired) electrons. The van der Waals surface area contributed by atoms with Gasteiger partial charge in [0.05, 0.1) is 15.9 Å². The quantitative estimate of drug-likeness (QED) is 0.267. The summed E-state index contributed by atoms with van der Waals surface area (Å²) in [5.41, 5.74) is 0.0659. The first kappa shape index (κ1) is 20.9. The van der Waals surface area contributed by atoms with Crippen molar-refractivity contribution in [3.8, 4) is 0 Å². The van der Waals surface area contributed by atoms with Gasteiger partial charge in [0, 0.05) is 19.2 Å². The number of rotatable bonds is 13. The van der Waals surface area contributed by atoms with Crippen LogP contribution in [0.3, 0.4) is 0 Å². The van der Waals surface area contributed by atoms with Crippen LogP contribution in [-0.2, 0) is 0 Å². The van der Waals surface area contributed by atoms with Crippen LogP contribution in [-0.4, -0.2) is 22.9 Å². The molecule has 140 valence electrons. The summed E-state index contributed by atoms with van der Waals surface area (Å²) < 4.78 is 0. The number of unbranched alkanes of at least 4 members (excludes halogenated alkanes) is 6. The first-order chi connectivity index (χ1) is 12.0. The van der Waals surface area contributed by atoms with Gasteiger partial charge in [-0.2, -0.15) is 0 Å². The summed E-state index contributed by atoms with van der Waals surface area (Å²) in [5.74, 6) is 0. The molecular formula is C18H29N3O4. The van der Waals surface area contributed by atoms with Crippen molar-refractivity contribution in [1.29, 1.82) is 0 Å². The van der Waals surface area contributed by atoms with Crippen LogP contribution in [0.4, 0.5) is 17.1 Å². The van der Waals surface area contributed by atoms with Gasteiger partial charge in [-0.1, -0.05) is 52.4 Å². The summed E-state index contributed by atoms with van der Waals surface area (Å²) in [6.07, 6.45) is 8.66. The number of non-ortho nitro benzene ring substituents is 1. The van der Waals surface area contributed by atoms with E-state index in [1.165, 1.54) is 12.1 Å². The third-order valence-corrected chi connectivity index (χ3v) is 4.27. The van der Waals surface area contributed by atoms with E-state index in [-0.39, 0.29) is 11.4 Å². The molecule has 0 saturated heterocycles. The molecular weight excluding hydrogens is 322 g/mol. The van der Waals surface area contributed by atoms with Gasteiger partial charge < -0.3 is 4.90 Å². The lowest BCUT2D eigenvalue weighted by Crippen LogP contribution is -2.26. The first-order valence-corrected chi connectivity index (χ1v) is 9.19. The second-order valence-corrected chi connectivity index (χ2v) is 6.30. The lowest BCUT2D eigenvalue weighted by Gasteiger charge is -2.24. The zero-order valence-electron chi connectivity index (χ0n) is 15.3. The average molecular weight is 351 g/mol. The van der Waals surface area contributed by atoms with Gasteiger partial charge in [-0.15, -0.1) is 0 Å². The van der Waals surface area contributed by atoms with E-state index in [4.69, 9.17) is 0 Å². The van der Waals surface area contributed by atoms with Crippen molar-refractivity contribution in [2.75, 3.05) is 18.0 Å². The maximum Gasteiger partial charge on any atom is 0.299 e. The van der Waals surface area contributed by atoms with Crippen LogP contribution < -0.4 is 4.90 Å². The van der Waals surface area contributed by atoms with Gasteiger partial charge in [0.2, 0.25) is 0 Å². The summed E-state index contributed by atoms with van der Waals surface area (Å²) >= 11 is 0. The number of hydrogen-bond donors (Lipinski definition) is 0. The highest BCUT2D eigenvalue weighted by Crippen LogP contribution is 2.32. The normalized spacial score (nSPS) is 10.6. The van der Waals surface area contributed by atoms with Crippen molar-refractivity contribution < 1.29 is 9.85 Å². The standard InChI is InChI=1S/C18H29N3O4/c1-3-5-7-9-13-19(14-10-8-6-4-2)17-12-11-16(20(22)23)15-18(17)21(24)25/h11-12,15H,3-10,13-14H2,1-2H3. The molecule has 0 amide bonds. The van der Waals surface area contributed by atoms with Crippen LogP contribution in [0.15, 0.2) is 18.2 Å². The van der Waals surface area contributed by atoms with E-state index in [1.807, 2.05) is 4.90 Å². The molecule has 0 unspecified atom stereocenters. The zero-order valence-corrected chi connectivity index (χ0v) is 15.3. The van der Waals surface area contributed by atoms with Gasteiger partial charge in [0.1, 0.15) is 5.69 Å². The number of hydrogen-bond acceptors (Lipinski definition) is 5. The fraction of sp³-hybridized carbons (Fsp3) is 0.667. The van der Waals surface area contributed by atoms with E-state index >= 15 is 0 Å². The smallest absolute Gasteiger partial charge is 0.299 e. The van der Waals surface area contributed by atoms with Crippen LogP contribution in [0.5, 0.6) is 0 Å². The molecule has 0 aromatic heterocycles. The van der Waals surface area contributed by atoms with Crippen molar-refractivity contribution in [1.82, 2.24) is 0 Å². The van der Waals surface area contributed by atoms with E-state index in [1.54, 1.807) is 0 Å². The maximum absolute atomic E-state index is 11.4. The molecule has 0 heterocycles. The van der Waals surface area contributed by atoms with E-state index in [2.05, 4.69) is 13.8 Å². The maximum atomic E-state index is 11.4. The Morgan fingerprint density at radius 2 is 1.40 bits per heavy atom. The molecule has 7 nitrogen and oxygen atoms in total. The largest absolute Gasteiger partial charge is 0.366 e. The van der Waals surface area contributed by atoms with Crippen LogP contribution >= 0.6 is 0 Å². The summed E-state index contributed by atoms with van der Waals surface area (Å²) in [4.78, 5) is 23.2. The fourth-order valence-electron chi connectivity index (χ4n) is 2.85. The Kier molecular flexibility index (Phi) is 9.50. The second-order valence-electron chi connectivity index (χ2n) is 6.30. The summed E-state index contributed by atoms with van der Waals surface area (Å²) in [5, 5.41) is 22.3. The van der Waals surface area contributed by atoms with Gasteiger partial charge >= 0.3 is 0 Å². The number of nitro benzene ring substituents is 2. The lowest BCUT2D eigenvalue weighted by atomic mass is 10.1. The van der Waals surface area contributed by atoms with Crippen LogP contribution in [0.2, 0.25) is 0 Å². The zero-order chi connectivity index (χ0) is 18.7. The Bertz CT molecular complexity index is 551. The predicted molar refractivity (Wildman–Crippen MR) is 100 cm³/mol. The first-order valence-electron chi connectivity index (χ1n) is 9.19. The third kappa shape index (κ3) is 7.07. The highest BCUT2D eigenvalue weighted by Gasteiger charge is 2.23. The van der Waals surface area contributed by atoms with Gasteiger partial charge in [0.15, 0.2) is 0 Å². The molecule has 0 aliphatic rings. The third-order valence-electron chi connectivity index (χ3n) is 4.27. The average Bonchev–Trinajstić information content (AvgIpc) is 2.59. The van der Waals surface area contributed by atoms with Gasteiger partial charge in [-0.05, 0) is 18.9 Å². The lowest BCUT2D eigenvalue weighted by molar-refractivity contribution is -0.393. The molecule has 0 saturated carbocycles. The minimum atomic E-state index is -0.594. The monoisotopic (exact) mass is 351 g/mol. The van der Waals surface area contributed by atoms with Gasteiger partial charge in [-0.3, -0.25) is 20.2 Å². The Labute approximate surface area is 149 Å². The minimum Gasteiger partial charge on any atom is -0.366 e. The Balaban J connectivity index is 2.96. The summed E-state index contributed by atoms with van der Waals surface area (Å²) in [6, 6.07) is 3.95. The number of nitrogens with zero attached hydrogens (tertiary/aromatic N) is 3. The van der Waals surface area contributed by atoms with Crippen molar-refractivity contribution in [3.63, 3.8) is 0 Å². The molecule has 0 bridgehead atoms. The Morgan fingerprint density at radius 3 is 1.84 bits per heavy atom. The van der Waals surface area contributed by atoms with Crippen molar-refractivity contribution in [3.05, 3.63) is 38.4 Å². The Hall–Kier alpha value is -2.18. The van der Waals surface area contributed by atoms with Crippen molar-refractivity contribution in [2.24, 2.45) is 0 Å². The molecule has 25 heavy (non-hydrogen) atoms. The molecule has 0 aliphatic heterocycles. The number of anilines is 1. The number of nitro groups is 2. The van der Waals surface area contributed by atoms with Crippen molar-refractivity contribution >= 4 is 17.1 Å². The molecule has 0 spiro atoms. The molecule has 0 fully saturated rings. The minimum absolute atomic E-state index is 0.180. The van der Waals surface area contributed by atoms with E-state index < -0.39 is 9.85 Å². The van der Waals surface area contributed by atoms with Gasteiger partial charge in [0.25, 0.3) is 11.4 Å². The topological polar surface area (TPSA) is 89.5 Å². The van der Waals surface area contributed by atoms with E-state index in [0.29, 0.717) is 5.69 Å².